The Balaban J connectivity index is 2.04. The van der Waals surface area contributed by atoms with Gasteiger partial charge in [-0.15, -0.1) is 0 Å². The molecule has 2 rings (SSSR count). The minimum Gasteiger partial charge on any atom is -0.388 e. The topological polar surface area (TPSA) is 85.2 Å². The van der Waals surface area contributed by atoms with E-state index in [2.05, 4.69) is 0 Å². The van der Waals surface area contributed by atoms with Crippen LogP contribution in [0.1, 0.15) is 20.8 Å². The molecule has 2 aliphatic rings. The molecule has 0 aromatic carbocycles. The van der Waals surface area contributed by atoms with Crippen LogP contribution in [0.25, 0.3) is 0 Å². The maximum atomic E-state index is 11.3. The fraction of sp³-hybridized carbons (Fsp3) is 0.769. The molecule has 2 aliphatic heterocycles. The lowest BCUT2D eigenvalue weighted by Gasteiger charge is -2.41. The highest BCUT2D eigenvalue weighted by molar-refractivity contribution is 5.93. The first-order valence-corrected chi connectivity index (χ1v) is 6.44. The monoisotopic (exact) mass is 272 g/mol. The molecule has 4 unspecified atom stereocenters. The van der Waals surface area contributed by atoms with Crippen LogP contribution in [0.5, 0.6) is 0 Å². The van der Waals surface area contributed by atoms with Crippen LogP contribution in [0.2, 0.25) is 0 Å². The number of hydrogen-bond donors (Lipinski definition) is 2. The Morgan fingerprint density at radius 1 is 1.11 bits per heavy atom. The Hall–Kier alpha value is -0.790. The van der Waals surface area contributed by atoms with E-state index < -0.39 is 42.9 Å². The van der Waals surface area contributed by atoms with E-state index in [1.165, 1.54) is 12.2 Å². The van der Waals surface area contributed by atoms with Gasteiger partial charge in [-0.1, -0.05) is 0 Å². The first-order valence-electron chi connectivity index (χ1n) is 6.44. The van der Waals surface area contributed by atoms with Gasteiger partial charge in [0.1, 0.15) is 24.4 Å². The van der Waals surface area contributed by atoms with Crippen LogP contribution in [0.3, 0.4) is 0 Å². The zero-order valence-electron chi connectivity index (χ0n) is 11.2. The summed E-state index contributed by atoms with van der Waals surface area (Å²) in [5, 5.41) is 20.0. The third-order valence-corrected chi connectivity index (χ3v) is 3.51. The molecule has 0 radical (unpaired) electrons. The molecule has 2 N–H and O–H groups in total. The quantitative estimate of drug-likeness (QED) is 0.722. The van der Waals surface area contributed by atoms with Crippen LogP contribution in [0, 0.1) is 0 Å². The van der Waals surface area contributed by atoms with Gasteiger partial charge in [-0.2, -0.15) is 0 Å². The Kier molecular flexibility index (Phi) is 4.37. The molecule has 0 aromatic heterocycles. The summed E-state index contributed by atoms with van der Waals surface area (Å²) in [6, 6.07) is 0. The molecule has 0 amide bonds. The van der Waals surface area contributed by atoms with Crippen molar-refractivity contribution in [3.05, 3.63) is 12.2 Å². The van der Waals surface area contributed by atoms with E-state index in [4.69, 9.17) is 14.2 Å². The maximum Gasteiger partial charge on any atom is 0.184 e. The SMILES string of the molecule is CC1OC(O[C@@H]2[C@H](O)C(C)OC(C)[C@@H]2O)C=CC1=O. The fourth-order valence-electron chi connectivity index (χ4n) is 2.25. The fourth-order valence-corrected chi connectivity index (χ4v) is 2.25. The predicted octanol–water partition coefficient (Wildman–Crippen LogP) is -0.229. The van der Waals surface area contributed by atoms with Gasteiger partial charge in [0.15, 0.2) is 12.1 Å². The molecule has 6 heteroatoms. The predicted molar refractivity (Wildman–Crippen MR) is 65.4 cm³/mol. The van der Waals surface area contributed by atoms with Crippen molar-refractivity contribution in [2.45, 2.75) is 63.7 Å². The number of aliphatic hydroxyl groups excluding tert-OH is 2. The van der Waals surface area contributed by atoms with Crippen molar-refractivity contribution < 1.29 is 29.2 Å². The van der Waals surface area contributed by atoms with E-state index in [1.807, 2.05) is 0 Å². The molecule has 108 valence electrons. The van der Waals surface area contributed by atoms with Crippen LogP contribution in [-0.4, -0.2) is 58.9 Å². The second-order valence-corrected chi connectivity index (χ2v) is 5.04. The van der Waals surface area contributed by atoms with Crippen LogP contribution in [-0.2, 0) is 19.0 Å². The third-order valence-electron chi connectivity index (χ3n) is 3.51. The highest BCUT2D eigenvalue weighted by atomic mass is 16.7. The summed E-state index contributed by atoms with van der Waals surface area (Å²) in [7, 11) is 0. The molecule has 7 atom stereocenters. The number of ketones is 1. The van der Waals surface area contributed by atoms with E-state index in [9.17, 15) is 15.0 Å². The van der Waals surface area contributed by atoms with Crippen molar-refractivity contribution in [3.63, 3.8) is 0 Å². The molecule has 0 saturated carbocycles. The lowest BCUT2D eigenvalue weighted by atomic mass is 9.96. The zero-order valence-corrected chi connectivity index (χ0v) is 11.2. The van der Waals surface area contributed by atoms with Crippen LogP contribution in [0.15, 0.2) is 12.2 Å². The summed E-state index contributed by atoms with van der Waals surface area (Å²) < 4.78 is 16.3. The minimum atomic E-state index is -0.948. The van der Waals surface area contributed by atoms with E-state index in [0.29, 0.717) is 0 Å². The number of ether oxygens (including phenoxy) is 3. The molecule has 19 heavy (non-hydrogen) atoms. The average molecular weight is 272 g/mol. The van der Waals surface area contributed by atoms with Gasteiger partial charge >= 0.3 is 0 Å². The van der Waals surface area contributed by atoms with Crippen LogP contribution >= 0.6 is 0 Å². The standard InChI is InChI=1S/C13H20O6/c1-6-9(14)4-5-10(18-6)19-13-11(15)7(2)17-8(3)12(13)16/h4-8,10-13,15-16H,1-3H3/t6?,7?,8?,10?,11-,12+,13-. The summed E-state index contributed by atoms with van der Waals surface area (Å²) >= 11 is 0. The molecular weight excluding hydrogens is 252 g/mol. The van der Waals surface area contributed by atoms with E-state index in [1.54, 1.807) is 20.8 Å². The summed E-state index contributed by atoms with van der Waals surface area (Å²) in [5.74, 6) is -0.130. The van der Waals surface area contributed by atoms with Gasteiger partial charge in [0.2, 0.25) is 0 Å². The summed E-state index contributed by atoms with van der Waals surface area (Å²) in [5.41, 5.74) is 0. The van der Waals surface area contributed by atoms with Gasteiger partial charge in [0.25, 0.3) is 0 Å². The molecule has 0 aromatic rings. The van der Waals surface area contributed by atoms with Crippen molar-refractivity contribution in [2.24, 2.45) is 0 Å². The first kappa shape index (κ1) is 14.6. The van der Waals surface area contributed by atoms with Crippen LogP contribution in [0.4, 0.5) is 0 Å². The Bertz CT molecular complexity index is 354. The number of rotatable bonds is 2. The molecule has 2 heterocycles. The van der Waals surface area contributed by atoms with E-state index in [0.717, 1.165) is 0 Å². The van der Waals surface area contributed by atoms with Crippen molar-refractivity contribution in [2.75, 3.05) is 0 Å². The van der Waals surface area contributed by atoms with Gasteiger partial charge in [0.05, 0.1) is 12.2 Å². The number of aliphatic hydroxyl groups is 2. The van der Waals surface area contributed by atoms with Gasteiger partial charge < -0.3 is 24.4 Å². The number of carbonyl (C=O) groups excluding carboxylic acids is 1. The molecular formula is C13H20O6. The Morgan fingerprint density at radius 2 is 1.68 bits per heavy atom. The molecule has 6 nitrogen and oxygen atoms in total. The number of hydrogen-bond acceptors (Lipinski definition) is 6. The average Bonchev–Trinajstić information content (AvgIpc) is 2.36. The van der Waals surface area contributed by atoms with Crippen molar-refractivity contribution >= 4 is 5.78 Å². The summed E-state index contributed by atoms with van der Waals surface area (Å²) in [6.45, 7) is 5.06. The minimum absolute atomic E-state index is 0.130. The molecule has 0 spiro atoms. The Morgan fingerprint density at radius 3 is 2.21 bits per heavy atom. The van der Waals surface area contributed by atoms with Crippen molar-refractivity contribution in [1.82, 2.24) is 0 Å². The summed E-state index contributed by atoms with van der Waals surface area (Å²) in [6.07, 6.45) is -2.04. The smallest absolute Gasteiger partial charge is 0.184 e. The lowest BCUT2D eigenvalue weighted by molar-refractivity contribution is -0.266. The van der Waals surface area contributed by atoms with Gasteiger partial charge in [-0.3, -0.25) is 4.79 Å². The largest absolute Gasteiger partial charge is 0.388 e. The lowest BCUT2D eigenvalue weighted by Crippen LogP contribution is -2.58. The normalized spacial score (nSPS) is 47.4. The van der Waals surface area contributed by atoms with Gasteiger partial charge in [-0.25, -0.2) is 0 Å². The highest BCUT2D eigenvalue weighted by Crippen LogP contribution is 2.25. The van der Waals surface area contributed by atoms with Crippen molar-refractivity contribution in [3.8, 4) is 0 Å². The second kappa shape index (κ2) is 5.68. The highest BCUT2D eigenvalue weighted by Gasteiger charge is 2.43. The first-order chi connectivity index (χ1) is 8.90. The third kappa shape index (κ3) is 3.04. The molecule has 0 bridgehead atoms. The van der Waals surface area contributed by atoms with E-state index in [-0.39, 0.29) is 5.78 Å². The Labute approximate surface area is 112 Å². The zero-order chi connectivity index (χ0) is 14.2. The van der Waals surface area contributed by atoms with Gasteiger partial charge in [0, 0.05) is 0 Å². The number of carbonyl (C=O) groups is 1. The molecule has 1 fully saturated rings. The molecule has 1 saturated heterocycles. The van der Waals surface area contributed by atoms with Crippen molar-refractivity contribution in [1.29, 1.82) is 0 Å². The van der Waals surface area contributed by atoms with Crippen LogP contribution < -0.4 is 0 Å². The van der Waals surface area contributed by atoms with Gasteiger partial charge in [-0.05, 0) is 32.9 Å². The molecule has 0 aliphatic carbocycles. The second-order valence-electron chi connectivity index (χ2n) is 5.04. The maximum absolute atomic E-state index is 11.3. The summed E-state index contributed by atoms with van der Waals surface area (Å²) in [4.78, 5) is 11.3. The van der Waals surface area contributed by atoms with E-state index >= 15 is 0 Å².